The van der Waals surface area contributed by atoms with Crippen molar-refractivity contribution in [1.29, 1.82) is 0 Å². The zero-order chi connectivity index (χ0) is 16.9. The number of aryl methyl sites for hydroxylation is 1. The third-order valence-corrected chi connectivity index (χ3v) is 3.88. The van der Waals surface area contributed by atoms with Gasteiger partial charge in [-0.2, -0.15) is 0 Å². The van der Waals surface area contributed by atoms with Crippen molar-refractivity contribution in [3.05, 3.63) is 89.5 Å². The van der Waals surface area contributed by atoms with Gasteiger partial charge in [0.05, 0.1) is 0 Å². The van der Waals surface area contributed by atoms with E-state index in [0.717, 1.165) is 22.4 Å². The summed E-state index contributed by atoms with van der Waals surface area (Å²) >= 11 is 0. The molecule has 0 spiro atoms. The first-order valence-electron chi connectivity index (χ1n) is 7.88. The molecule has 3 rings (SSSR count). The highest BCUT2D eigenvalue weighted by atomic mass is 19.1. The lowest BCUT2D eigenvalue weighted by atomic mass is 10.00. The Morgan fingerprint density at radius 1 is 0.917 bits per heavy atom. The number of hydrogen-bond donors (Lipinski definition) is 0. The molecule has 2 aromatic carbocycles. The van der Waals surface area contributed by atoms with Gasteiger partial charge in [-0.15, -0.1) is 0 Å². The molecule has 0 amide bonds. The molecule has 0 fully saturated rings. The fourth-order valence-electron chi connectivity index (χ4n) is 2.70. The van der Waals surface area contributed by atoms with Crippen LogP contribution < -0.4 is 0 Å². The van der Waals surface area contributed by atoms with Gasteiger partial charge in [0.15, 0.2) is 0 Å². The van der Waals surface area contributed by atoms with Crippen LogP contribution >= 0.6 is 0 Å². The topological polar surface area (TPSA) is 30.0 Å². The third kappa shape index (κ3) is 4.13. The zero-order valence-electron chi connectivity index (χ0n) is 13.5. The Morgan fingerprint density at radius 2 is 1.67 bits per heavy atom. The van der Waals surface area contributed by atoms with Crippen LogP contribution in [0, 0.1) is 12.7 Å². The van der Waals surface area contributed by atoms with E-state index in [0.29, 0.717) is 12.0 Å². The molecule has 0 radical (unpaired) electrons. The first-order chi connectivity index (χ1) is 11.6. The van der Waals surface area contributed by atoms with E-state index in [1.54, 1.807) is 18.3 Å². The first-order valence-corrected chi connectivity index (χ1v) is 7.88. The van der Waals surface area contributed by atoms with Crippen molar-refractivity contribution in [2.24, 2.45) is 0 Å². The SMILES string of the molecule is Cc1cc(-c2ccc(CC(=O)Cc3cccc(F)c3)cc2)ccn1. The number of hydrogen-bond acceptors (Lipinski definition) is 2. The Kier molecular flexibility index (Phi) is 4.80. The number of nitrogens with zero attached hydrogens (tertiary/aromatic N) is 1. The molecule has 0 bridgehead atoms. The minimum atomic E-state index is -0.308. The standard InChI is InChI=1S/C21H18FNO/c1-15-11-19(9-10-23-15)18-7-5-16(6-8-18)13-21(24)14-17-3-2-4-20(22)12-17/h2-12H,13-14H2,1H3. The molecule has 3 aromatic rings. The third-order valence-electron chi connectivity index (χ3n) is 3.88. The fraction of sp³-hybridized carbons (Fsp3) is 0.143. The van der Waals surface area contributed by atoms with Crippen molar-refractivity contribution in [3.8, 4) is 11.1 Å². The number of Topliss-reactive ketones (excluding diaryl/α,β-unsaturated/α-hetero) is 1. The lowest BCUT2D eigenvalue weighted by Gasteiger charge is -2.05. The van der Waals surface area contributed by atoms with Gasteiger partial charge in [0, 0.05) is 24.7 Å². The molecule has 120 valence electrons. The van der Waals surface area contributed by atoms with Crippen molar-refractivity contribution in [3.63, 3.8) is 0 Å². The van der Waals surface area contributed by atoms with E-state index >= 15 is 0 Å². The molecule has 0 atom stereocenters. The summed E-state index contributed by atoms with van der Waals surface area (Å²) in [6.45, 7) is 1.96. The van der Waals surface area contributed by atoms with Gasteiger partial charge in [-0.1, -0.05) is 36.4 Å². The number of aromatic nitrogens is 1. The molecule has 0 aliphatic carbocycles. The monoisotopic (exact) mass is 319 g/mol. The summed E-state index contributed by atoms with van der Waals surface area (Å²) in [5.74, 6) is -0.231. The molecule has 2 nitrogen and oxygen atoms in total. The molecule has 24 heavy (non-hydrogen) atoms. The minimum Gasteiger partial charge on any atom is -0.299 e. The van der Waals surface area contributed by atoms with Crippen LogP contribution in [-0.2, 0) is 17.6 Å². The van der Waals surface area contributed by atoms with Gasteiger partial charge >= 0.3 is 0 Å². The average molecular weight is 319 g/mol. The maximum Gasteiger partial charge on any atom is 0.141 e. The Bertz CT molecular complexity index is 856. The van der Waals surface area contributed by atoms with E-state index < -0.39 is 0 Å². The maximum absolute atomic E-state index is 13.2. The maximum atomic E-state index is 13.2. The number of benzene rings is 2. The second-order valence-electron chi connectivity index (χ2n) is 5.90. The zero-order valence-corrected chi connectivity index (χ0v) is 13.5. The number of ketones is 1. The van der Waals surface area contributed by atoms with Gasteiger partial charge in [0.1, 0.15) is 11.6 Å². The summed E-state index contributed by atoms with van der Waals surface area (Å²) < 4.78 is 13.2. The largest absolute Gasteiger partial charge is 0.299 e. The van der Waals surface area contributed by atoms with Gasteiger partial charge in [0.2, 0.25) is 0 Å². The highest BCUT2D eigenvalue weighted by Gasteiger charge is 2.07. The quantitative estimate of drug-likeness (QED) is 0.690. The first kappa shape index (κ1) is 16.1. The molecule has 1 heterocycles. The van der Waals surface area contributed by atoms with Gasteiger partial charge in [-0.05, 0) is 53.4 Å². The van der Waals surface area contributed by atoms with Crippen molar-refractivity contribution >= 4 is 5.78 Å². The summed E-state index contributed by atoms with van der Waals surface area (Å²) in [4.78, 5) is 16.4. The highest BCUT2D eigenvalue weighted by Crippen LogP contribution is 2.20. The summed E-state index contributed by atoms with van der Waals surface area (Å²) in [5, 5.41) is 0. The second kappa shape index (κ2) is 7.18. The minimum absolute atomic E-state index is 0.0769. The van der Waals surface area contributed by atoms with Gasteiger partial charge in [-0.25, -0.2) is 4.39 Å². The molecular weight excluding hydrogens is 301 g/mol. The predicted octanol–water partition coefficient (Wildman–Crippen LogP) is 4.55. The molecule has 0 aliphatic heterocycles. The number of pyridine rings is 1. The fourth-order valence-corrected chi connectivity index (χ4v) is 2.70. The van der Waals surface area contributed by atoms with Gasteiger partial charge in [0.25, 0.3) is 0 Å². The van der Waals surface area contributed by atoms with E-state index in [4.69, 9.17) is 0 Å². The van der Waals surface area contributed by atoms with Crippen LogP contribution in [-0.4, -0.2) is 10.8 Å². The van der Waals surface area contributed by atoms with E-state index in [-0.39, 0.29) is 18.0 Å². The Hall–Kier alpha value is -2.81. The molecular formula is C21H18FNO. The summed E-state index contributed by atoms with van der Waals surface area (Å²) in [7, 11) is 0. The smallest absolute Gasteiger partial charge is 0.141 e. The summed E-state index contributed by atoms with van der Waals surface area (Å²) in [6, 6.07) is 18.2. The van der Waals surface area contributed by atoms with Crippen LogP contribution in [0.5, 0.6) is 0 Å². The molecule has 1 aromatic heterocycles. The number of carbonyl (C=O) groups excluding carboxylic acids is 1. The number of halogens is 1. The Labute approximate surface area is 141 Å². The van der Waals surface area contributed by atoms with Crippen LogP contribution in [0.1, 0.15) is 16.8 Å². The lowest BCUT2D eigenvalue weighted by Crippen LogP contribution is -2.06. The lowest BCUT2D eigenvalue weighted by molar-refractivity contribution is -0.117. The molecule has 0 saturated carbocycles. The number of carbonyl (C=O) groups is 1. The van der Waals surface area contributed by atoms with Crippen LogP contribution in [0.3, 0.4) is 0 Å². The molecule has 0 N–H and O–H groups in total. The van der Waals surface area contributed by atoms with Crippen LogP contribution in [0.2, 0.25) is 0 Å². The van der Waals surface area contributed by atoms with E-state index in [1.165, 1.54) is 12.1 Å². The van der Waals surface area contributed by atoms with Crippen molar-refractivity contribution in [1.82, 2.24) is 4.98 Å². The summed E-state index contributed by atoms with van der Waals surface area (Å²) in [5.41, 5.74) is 4.86. The second-order valence-corrected chi connectivity index (χ2v) is 5.90. The Morgan fingerprint density at radius 3 is 2.38 bits per heavy atom. The van der Waals surface area contributed by atoms with Gasteiger partial charge in [-0.3, -0.25) is 9.78 Å². The van der Waals surface area contributed by atoms with Crippen molar-refractivity contribution in [2.75, 3.05) is 0 Å². The highest BCUT2D eigenvalue weighted by molar-refractivity contribution is 5.83. The average Bonchev–Trinajstić information content (AvgIpc) is 2.55. The van der Waals surface area contributed by atoms with Crippen LogP contribution in [0.15, 0.2) is 66.9 Å². The number of rotatable bonds is 5. The van der Waals surface area contributed by atoms with E-state index in [1.807, 2.05) is 43.3 Å². The van der Waals surface area contributed by atoms with Crippen LogP contribution in [0.25, 0.3) is 11.1 Å². The molecule has 0 saturated heterocycles. The molecule has 0 unspecified atom stereocenters. The Balaban J connectivity index is 1.66. The molecule has 3 heteroatoms. The normalized spacial score (nSPS) is 10.6. The van der Waals surface area contributed by atoms with Crippen molar-refractivity contribution in [2.45, 2.75) is 19.8 Å². The van der Waals surface area contributed by atoms with Crippen molar-refractivity contribution < 1.29 is 9.18 Å². The van der Waals surface area contributed by atoms with Crippen LogP contribution in [0.4, 0.5) is 4.39 Å². The predicted molar refractivity (Wildman–Crippen MR) is 93.2 cm³/mol. The van der Waals surface area contributed by atoms with E-state index in [2.05, 4.69) is 4.98 Å². The van der Waals surface area contributed by atoms with Gasteiger partial charge < -0.3 is 0 Å². The van der Waals surface area contributed by atoms with E-state index in [9.17, 15) is 9.18 Å². The summed E-state index contributed by atoms with van der Waals surface area (Å²) in [6.07, 6.45) is 2.40. The molecule has 0 aliphatic rings.